The minimum atomic E-state index is 0.186. The highest BCUT2D eigenvalue weighted by Gasteiger charge is 2.35. The second kappa shape index (κ2) is 7.54. The maximum atomic E-state index is 12.2. The number of hydrogen-bond donors (Lipinski definition) is 1. The number of hydrogen-bond acceptors (Lipinski definition) is 3. The van der Waals surface area contributed by atoms with E-state index in [1.54, 1.807) is 4.90 Å². The molecule has 1 saturated heterocycles. The summed E-state index contributed by atoms with van der Waals surface area (Å²) in [5.74, 6) is 0.186. The average Bonchev–Trinajstić information content (AvgIpc) is 2.48. The summed E-state index contributed by atoms with van der Waals surface area (Å²) in [6.45, 7) is 3.33. The van der Waals surface area contributed by atoms with E-state index in [-0.39, 0.29) is 5.91 Å². The first-order valence-electron chi connectivity index (χ1n) is 8.25. The first kappa shape index (κ1) is 16.7. The van der Waals surface area contributed by atoms with Crippen LogP contribution >= 0.6 is 12.2 Å². The Morgan fingerprint density at radius 2 is 1.81 bits per heavy atom. The molecule has 0 radical (unpaired) electrons. The van der Waals surface area contributed by atoms with Gasteiger partial charge in [-0.25, -0.2) is 0 Å². The Morgan fingerprint density at radius 3 is 2.38 bits per heavy atom. The second-order valence-corrected chi connectivity index (χ2v) is 7.39. The summed E-state index contributed by atoms with van der Waals surface area (Å²) in [5.41, 5.74) is 6.09. The SMILES string of the molecule is CN(CCC(N)=S)C(=O)CN1CCC2(CCCCC2)CC1. The van der Waals surface area contributed by atoms with Crippen LogP contribution < -0.4 is 5.73 Å². The van der Waals surface area contributed by atoms with E-state index in [2.05, 4.69) is 4.90 Å². The number of amides is 1. The monoisotopic (exact) mass is 311 g/mol. The number of nitrogens with zero attached hydrogens (tertiary/aromatic N) is 2. The predicted octanol–water partition coefficient (Wildman–Crippen LogP) is 2.17. The van der Waals surface area contributed by atoms with E-state index in [4.69, 9.17) is 18.0 Å². The van der Waals surface area contributed by atoms with E-state index in [1.807, 2.05) is 7.05 Å². The van der Waals surface area contributed by atoms with Crippen molar-refractivity contribution >= 4 is 23.1 Å². The van der Waals surface area contributed by atoms with Crippen LogP contribution in [0.3, 0.4) is 0 Å². The van der Waals surface area contributed by atoms with Gasteiger partial charge in [-0.2, -0.15) is 0 Å². The van der Waals surface area contributed by atoms with Crippen molar-refractivity contribution in [2.24, 2.45) is 11.1 Å². The Balaban J connectivity index is 1.72. The quantitative estimate of drug-likeness (QED) is 0.791. The topological polar surface area (TPSA) is 49.6 Å². The van der Waals surface area contributed by atoms with Crippen LogP contribution in [-0.4, -0.2) is 53.9 Å². The van der Waals surface area contributed by atoms with Crippen molar-refractivity contribution in [3.63, 3.8) is 0 Å². The van der Waals surface area contributed by atoms with Crippen molar-refractivity contribution < 1.29 is 4.79 Å². The number of carbonyl (C=O) groups is 1. The summed E-state index contributed by atoms with van der Waals surface area (Å²) in [6.07, 6.45) is 10.2. The van der Waals surface area contributed by atoms with Crippen molar-refractivity contribution in [3.05, 3.63) is 0 Å². The van der Waals surface area contributed by atoms with E-state index in [0.29, 0.717) is 29.9 Å². The fourth-order valence-corrected chi connectivity index (χ4v) is 3.79. The van der Waals surface area contributed by atoms with Crippen molar-refractivity contribution in [1.29, 1.82) is 0 Å². The Morgan fingerprint density at radius 1 is 1.19 bits per heavy atom. The van der Waals surface area contributed by atoms with E-state index in [1.165, 1.54) is 44.9 Å². The molecule has 0 bridgehead atoms. The third-order valence-corrected chi connectivity index (χ3v) is 5.51. The van der Waals surface area contributed by atoms with E-state index in [9.17, 15) is 4.79 Å². The number of carbonyl (C=O) groups excluding carboxylic acids is 1. The van der Waals surface area contributed by atoms with Gasteiger partial charge in [0.05, 0.1) is 11.5 Å². The molecule has 0 aromatic rings. The van der Waals surface area contributed by atoms with Gasteiger partial charge in [-0.05, 0) is 44.2 Å². The Kier molecular flexibility index (Phi) is 5.99. The van der Waals surface area contributed by atoms with Crippen molar-refractivity contribution in [2.45, 2.75) is 51.4 Å². The van der Waals surface area contributed by atoms with Gasteiger partial charge in [0, 0.05) is 20.0 Å². The molecule has 2 N–H and O–H groups in total. The number of nitrogens with two attached hydrogens (primary N) is 1. The number of piperidine rings is 1. The van der Waals surface area contributed by atoms with Crippen LogP contribution in [0.25, 0.3) is 0 Å². The Bertz CT molecular complexity index is 370. The summed E-state index contributed by atoms with van der Waals surface area (Å²) >= 11 is 4.86. The molecule has 0 aromatic carbocycles. The molecule has 21 heavy (non-hydrogen) atoms. The van der Waals surface area contributed by atoms with Crippen LogP contribution in [0.1, 0.15) is 51.4 Å². The molecule has 1 amide bonds. The van der Waals surface area contributed by atoms with E-state index >= 15 is 0 Å². The molecule has 4 nitrogen and oxygen atoms in total. The van der Waals surface area contributed by atoms with Gasteiger partial charge in [0.2, 0.25) is 5.91 Å². The van der Waals surface area contributed by atoms with E-state index < -0.39 is 0 Å². The van der Waals surface area contributed by atoms with Gasteiger partial charge in [-0.1, -0.05) is 31.5 Å². The van der Waals surface area contributed by atoms with Crippen LogP contribution in [0.2, 0.25) is 0 Å². The van der Waals surface area contributed by atoms with Crippen LogP contribution in [0.15, 0.2) is 0 Å². The van der Waals surface area contributed by atoms with Crippen LogP contribution in [0, 0.1) is 5.41 Å². The zero-order chi connectivity index (χ0) is 15.3. The minimum absolute atomic E-state index is 0.186. The highest BCUT2D eigenvalue weighted by atomic mass is 32.1. The molecule has 2 fully saturated rings. The summed E-state index contributed by atoms with van der Waals surface area (Å²) in [6, 6.07) is 0. The van der Waals surface area contributed by atoms with Gasteiger partial charge in [-0.15, -0.1) is 0 Å². The van der Waals surface area contributed by atoms with Crippen LogP contribution in [-0.2, 0) is 4.79 Å². The zero-order valence-electron chi connectivity index (χ0n) is 13.3. The predicted molar refractivity (Wildman–Crippen MR) is 90.2 cm³/mol. The molecule has 120 valence electrons. The smallest absolute Gasteiger partial charge is 0.236 e. The molecule has 2 rings (SSSR count). The number of thiocarbonyl (C=S) groups is 1. The third kappa shape index (κ3) is 4.92. The zero-order valence-corrected chi connectivity index (χ0v) is 14.1. The lowest BCUT2D eigenvalue weighted by atomic mass is 9.68. The Hall–Kier alpha value is -0.680. The summed E-state index contributed by atoms with van der Waals surface area (Å²) < 4.78 is 0. The molecule has 0 unspecified atom stereocenters. The maximum absolute atomic E-state index is 12.2. The maximum Gasteiger partial charge on any atom is 0.236 e. The van der Waals surface area contributed by atoms with Crippen molar-refractivity contribution in [1.82, 2.24) is 9.80 Å². The molecule has 2 aliphatic rings. The Labute approximate surface area is 134 Å². The van der Waals surface area contributed by atoms with E-state index in [0.717, 1.165) is 13.1 Å². The van der Waals surface area contributed by atoms with Gasteiger partial charge in [0.25, 0.3) is 0 Å². The van der Waals surface area contributed by atoms with Gasteiger partial charge < -0.3 is 10.6 Å². The first-order valence-corrected chi connectivity index (χ1v) is 8.66. The minimum Gasteiger partial charge on any atom is -0.393 e. The summed E-state index contributed by atoms with van der Waals surface area (Å²) in [7, 11) is 1.84. The van der Waals surface area contributed by atoms with Gasteiger partial charge >= 0.3 is 0 Å². The lowest BCUT2D eigenvalue weighted by Gasteiger charge is -2.44. The lowest BCUT2D eigenvalue weighted by Crippen LogP contribution is -2.46. The standard InChI is InChI=1S/C16H29N3OS/c1-18(10-5-14(17)21)15(20)13-19-11-8-16(9-12-19)6-3-2-4-7-16/h2-13H2,1H3,(H2,17,21). The van der Waals surface area contributed by atoms with Gasteiger partial charge in [-0.3, -0.25) is 9.69 Å². The van der Waals surface area contributed by atoms with Gasteiger partial charge in [0.15, 0.2) is 0 Å². The van der Waals surface area contributed by atoms with Gasteiger partial charge in [0.1, 0.15) is 0 Å². The first-order chi connectivity index (χ1) is 10.0. The molecular weight excluding hydrogens is 282 g/mol. The highest BCUT2D eigenvalue weighted by molar-refractivity contribution is 7.80. The summed E-state index contributed by atoms with van der Waals surface area (Å²) in [5, 5.41) is 0. The highest BCUT2D eigenvalue weighted by Crippen LogP contribution is 2.44. The molecule has 1 aliphatic carbocycles. The largest absolute Gasteiger partial charge is 0.393 e. The molecule has 1 aliphatic heterocycles. The van der Waals surface area contributed by atoms with Crippen molar-refractivity contribution in [3.8, 4) is 0 Å². The number of rotatable bonds is 5. The molecular formula is C16H29N3OS. The van der Waals surface area contributed by atoms with Crippen LogP contribution in [0.4, 0.5) is 0 Å². The summed E-state index contributed by atoms with van der Waals surface area (Å²) in [4.78, 5) is 16.7. The molecule has 1 saturated carbocycles. The molecule has 5 heteroatoms. The fraction of sp³-hybridized carbons (Fsp3) is 0.875. The molecule has 0 atom stereocenters. The average molecular weight is 311 g/mol. The number of likely N-dealkylation sites (tertiary alicyclic amines) is 1. The number of likely N-dealkylation sites (N-methyl/N-ethyl adjacent to an activating group) is 1. The molecule has 1 heterocycles. The normalized spacial score (nSPS) is 22.1. The third-order valence-electron chi connectivity index (χ3n) is 5.31. The van der Waals surface area contributed by atoms with Crippen molar-refractivity contribution in [2.75, 3.05) is 33.2 Å². The second-order valence-electron chi connectivity index (χ2n) is 6.87. The molecule has 0 aromatic heterocycles. The fourth-order valence-electron chi connectivity index (χ4n) is 3.70. The molecule has 1 spiro atoms. The van der Waals surface area contributed by atoms with Crippen LogP contribution in [0.5, 0.6) is 0 Å². The lowest BCUT2D eigenvalue weighted by molar-refractivity contribution is -0.131.